The first-order valence-electron chi connectivity index (χ1n) is 12.8. The number of nitrogens with zero attached hydrogens (tertiary/aromatic N) is 1. The van der Waals surface area contributed by atoms with Crippen molar-refractivity contribution in [2.45, 2.75) is 11.8 Å². The van der Waals surface area contributed by atoms with Gasteiger partial charge in [-0.1, -0.05) is 23.9 Å². The van der Waals surface area contributed by atoms with E-state index in [0.717, 1.165) is 22.2 Å². The summed E-state index contributed by atoms with van der Waals surface area (Å²) < 4.78 is 24.2. The van der Waals surface area contributed by atoms with E-state index in [4.69, 9.17) is 9.47 Å². The predicted octanol–water partition coefficient (Wildman–Crippen LogP) is 6.39. The van der Waals surface area contributed by atoms with Gasteiger partial charge in [-0.15, -0.1) is 0 Å². The minimum atomic E-state index is -0.596. The lowest BCUT2D eigenvalue weighted by Crippen LogP contribution is -2.32. The topological polar surface area (TPSA) is 97.0 Å². The number of benzene rings is 4. The summed E-state index contributed by atoms with van der Waals surface area (Å²) in [6.07, 6.45) is 0. The average molecular weight is 584 g/mol. The van der Waals surface area contributed by atoms with E-state index in [9.17, 15) is 18.8 Å². The molecule has 8 nitrogen and oxygen atoms in total. The smallest absolute Gasteiger partial charge is 0.283 e. The fourth-order valence-electron chi connectivity index (χ4n) is 4.29. The zero-order valence-corrected chi connectivity index (χ0v) is 23.8. The second-order valence-electron chi connectivity index (χ2n) is 9.27. The number of hydrogen-bond acceptors (Lipinski definition) is 7. The van der Waals surface area contributed by atoms with Crippen LogP contribution >= 0.6 is 11.8 Å². The summed E-state index contributed by atoms with van der Waals surface area (Å²) in [7, 11) is 3.06. The lowest BCUT2D eigenvalue weighted by Gasteiger charge is -2.16. The van der Waals surface area contributed by atoms with Crippen molar-refractivity contribution >= 4 is 46.5 Å². The van der Waals surface area contributed by atoms with Gasteiger partial charge in [-0.25, -0.2) is 9.29 Å². The van der Waals surface area contributed by atoms with Gasteiger partial charge in [0, 0.05) is 16.1 Å². The average Bonchev–Trinajstić information content (AvgIpc) is 3.22. The molecule has 0 bridgehead atoms. The van der Waals surface area contributed by atoms with E-state index in [1.54, 1.807) is 61.7 Å². The van der Waals surface area contributed by atoms with Crippen LogP contribution in [0.4, 0.5) is 21.5 Å². The van der Waals surface area contributed by atoms with E-state index in [2.05, 4.69) is 10.6 Å². The minimum Gasteiger partial charge on any atom is -0.497 e. The molecule has 1 aliphatic rings. The molecule has 0 atom stereocenters. The first-order valence-corrected chi connectivity index (χ1v) is 13.6. The summed E-state index contributed by atoms with van der Waals surface area (Å²) >= 11 is 1.07. The molecular formula is C32H26FN3O5S. The van der Waals surface area contributed by atoms with Gasteiger partial charge >= 0.3 is 0 Å². The highest BCUT2D eigenvalue weighted by Gasteiger charge is 2.40. The van der Waals surface area contributed by atoms with Gasteiger partial charge in [0.15, 0.2) is 0 Å². The first kappa shape index (κ1) is 28.4. The summed E-state index contributed by atoms with van der Waals surface area (Å²) in [5, 5.41) is 5.96. The van der Waals surface area contributed by atoms with E-state index < -0.39 is 17.6 Å². The van der Waals surface area contributed by atoms with Gasteiger partial charge in [0.05, 0.1) is 25.6 Å². The SMILES string of the molecule is COc1ccc(C(=O)Nc2cccc(SC3=C(Nc4cc(C)ccc4OC)C(=O)N(c4ccc(F)cc4)C3=O)c2)cc1. The summed E-state index contributed by atoms with van der Waals surface area (Å²) in [6.45, 7) is 1.90. The first-order chi connectivity index (χ1) is 20.3. The maximum Gasteiger partial charge on any atom is 0.283 e. The van der Waals surface area contributed by atoms with E-state index in [-0.39, 0.29) is 22.2 Å². The van der Waals surface area contributed by atoms with Crippen molar-refractivity contribution in [1.29, 1.82) is 0 Å². The summed E-state index contributed by atoms with van der Waals surface area (Å²) in [4.78, 5) is 41.9. The van der Waals surface area contributed by atoms with Crippen LogP contribution < -0.4 is 25.0 Å². The number of amides is 3. The van der Waals surface area contributed by atoms with Crippen molar-refractivity contribution in [3.05, 3.63) is 119 Å². The second kappa shape index (κ2) is 12.2. The Balaban J connectivity index is 1.47. The standard InChI is InChI=1S/C32H26FN3O5S/c1-19-7-16-27(41-3)26(17-19)35-28-29(32(39)36(31(28)38)23-12-10-21(33)11-13-23)42-25-6-4-5-22(18-25)34-30(37)20-8-14-24(40-2)15-9-20/h4-18,35H,1-3H3,(H,34,37). The van der Waals surface area contributed by atoms with Gasteiger partial charge in [-0.2, -0.15) is 0 Å². The number of rotatable bonds is 9. The Morgan fingerprint density at radius 2 is 1.60 bits per heavy atom. The number of halogens is 1. The zero-order valence-electron chi connectivity index (χ0n) is 22.9. The van der Waals surface area contributed by atoms with Crippen LogP contribution in [0.15, 0.2) is 106 Å². The van der Waals surface area contributed by atoms with Crippen LogP contribution in [-0.2, 0) is 9.59 Å². The van der Waals surface area contributed by atoms with Crippen LogP contribution in [0.5, 0.6) is 11.5 Å². The number of carbonyl (C=O) groups excluding carboxylic acids is 3. The number of carbonyl (C=O) groups is 3. The molecule has 0 fully saturated rings. The van der Waals surface area contributed by atoms with Crippen molar-refractivity contribution in [1.82, 2.24) is 0 Å². The lowest BCUT2D eigenvalue weighted by atomic mass is 10.2. The molecule has 1 heterocycles. The van der Waals surface area contributed by atoms with Crippen molar-refractivity contribution in [2.24, 2.45) is 0 Å². The van der Waals surface area contributed by atoms with Crippen LogP contribution in [0.25, 0.3) is 0 Å². The third kappa shape index (κ3) is 5.98. The van der Waals surface area contributed by atoms with Crippen molar-refractivity contribution in [3.63, 3.8) is 0 Å². The molecule has 1 aliphatic heterocycles. The molecule has 0 saturated carbocycles. The maximum atomic E-state index is 13.7. The fraction of sp³-hybridized carbons (Fsp3) is 0.0938. The molecule has 42 heavy (non-hydrogen) atoms. The van der Waals surface area contributed by atoms with E-state index in [0.29, 0.717) is 33.3 Å². The van der Waals surface area contributed by atoms with Gasteiger partial charge in [-0.05, 0) is 91.3 Å². The quantitative estimate of drug-likeness (QED) is 0.220. The Labute approximate surface area is 246 Å². The number of hydrogen-bond donors (Lipinski definition) is 2. The number of ether oxygens (including phenoxy) is 2. The highest BCUT2D eigenvalue weighted by Crippen LogP contribution is 2.39. The van der Waals surface area contributed by atoms with Crippen molar-refractivity contribution < 1.29 is 28.2 Å². The van der Waals surface area contributed by atoms with Gasteiger partial charge < -0.3 is 20.1 Å². The number of anilines is 3. The van der Waals surface area contributed by atoms with Gasteiger partial charge in [-0.3, -0.25) is 14.4 Å². The summed E-state index contributed by atoms with van der Waals surface area (Å²) in [6, 6.07) is 24.2. The zero-order chi connectivity index (χ0) is 29.8. The molecule has 10 heteroatoms. The van der Waals surface area contributed by atoms with Gasteiger partial charge in [0.2, 0.25) is 0 Å². The molecule has 0 aromatic heterocycles. The maximum absolute atomic E-state index is 13.7. The Hall–Kier alpha value is -5.09. The highest BCUT2D eigenvalue weighted by molar-refractivity contribution is 8.04. The van der Waals surface area contributed by atoms with Crippen LogP contribution in [0.1, 0.15) is 15.9 Å². The Morgan fingerprint density at radius 3 is 2.29 bits per heavy atom. The third-order valence-corrected chi connectivity index (χ3v) is 7.48. The Kier molecular flexibility index (Phi) is 8.26. The third-order valence-electron chi connectivity index (χ3n) is 6.40. The molecule has 212 valence electrons. The molecule has 5 rings (SSSR count). The lowest BCUT2D eigenvalue weighted by molar-refractivity contribution is -0.120. The number of nitrogens with one attached hydrogen (secondary N) is 2. The fourth-order valence-corrected chi connectivity index (χ4v) is 5.28. The Morgan fingerprint density at radius 1 is 0.857 bits per heavy atom. The van der Waals surface area contributed by atoms with E-state index in [1.807, 2.05) is 19.1 Å². The number of thioether (sulfide) groups is 1. The predicted molar refractivity (Wildman–Crippen MR) is 161 cm³/mol. The molecule has 4 aromatic carbocycles. The van der Waals surface area contributed by atoms with E-state index >= 15 is 0 Å². The van der Waals surface area contributed by atoms with Gasteiger partial charge in [0.1, 0.15) is 27.9 Å². The summed E-state index contributed by atoms with van der Waals surface area (Å²) in [5.74, 6) is -0.850. The van der Waals surface area contributed by atoms with Crippen molar-refractivity contribution in [3.8, 4) is 11.5 Å². The molecule has 2 N–H and O–H groups in total. The normalized spacial score (nSPS) is 12.9. The number of methoxy groups -OCH3 is 2. The monoisotopic (exact) mass is 583 g/mol. The Bertz CT molecular complexity index is 1700. The number of aryl methyl sites for hydroxylation is 1. The van der Waals surface area contributed by atoms with Crippen molar-refractivity contribution in [2.75, 3.05) is 29.8 Å². The number of imide groups is 1. The molecule has 0 unspecified atom stereocenters. The van der Waals surface area contributed by atoms with Crippen LogP contribution in [0.2, 0.25) is 0 Å². The molecule has 4 aromatic rings. The second-order valence-corrected chi connectivity index (χ2v) is 10.4. The highest BCUT2D eigenvalue weighted by atomic mass is 32.2. The molecule has 0 saturated heterocycles. The van der Waals surface area contributed by atoms with E-state index in [1.165, 1.54) is 31.4 Å². The van der Waals surface area contributed by atoms with Crippen LogP contribution in [0, 0.1) is 12.7 Å². The molecule has 0 radical (unpaired) electrons. The largest absolute Gasteiger partial charge is 0.497 e. The summed E-state index contributed by atoms with van der Waals surface area (Å²) in [5.41, 5.74) is 2.66. The molecular weight excluding hydrogens is 557 g/mol. The molecule has 0 aliphatic carbocycles. The van der Waals surface area contributed by atoms with Crippen LogP contribution in [-0.4, -0.2) is 31.9 Å². The minimum absolute atomic E-state index is 0.0471. The molecule has 3 amide bonds. The van der Waals surface area contributed by atoms with Gasteiger partial charge in [0.25, 0.3) is 17.7 Å². The molecule has 0 spiro atoms. The van der Waals surface area contributed by atoms with Crippen LogP contribution in [0.3, 0.4) is 0 Å².